The van der Waals surface area contributed by atoms with Gasteiger partial charge in [0.05, 0.1) is 11.8 Å². The zero-order valence-electron chi connectivity index (χ0n) is 16.9. The van der Waals surface area contributed by atoms with Crippen molar-refractivity contribution in [1.82, 2.24) is 0 Å². The van der Waals surface area contributed by atoms with Crippen molar-refractivity contribution in [3.8, 4) is 0 Å². The molecule has 2 atom stereocenters. The maximum Gasteiger partial charge on any atom is 0.305 e. The summed E-state index contributed by atoms with van der Waals surface area (Å²) < 4.78 is 5.09. The Morgan fingerprint density at radius 3 is 2.50 bits per heavy atom. The van der Waals surface area contributed by atoms with Crippen molar-refractivity contribution in [2.75, 3.05) is 6.61 Å². The lowest BCUT2D eigenvalue weighted by Gasteiger charge is -2.21. The number of carbonyl (C=O) groups is 2. The van der Waals surface area contributed by atoms with Gasteiger partial charge in [0.2, 0.25) is 5.66 Å². The van der Waals surface area contributed by atoms with Crippen LogP contribution in [0.1, 0.15) is 79.6 Å². The Hall–Kier alpha value is -1.56. The second-order valence-corrected chi connectivity index (χ2v) is 8.27. The summed E-state index contributed by atoms with van der Waals surface area (Å²) in [5.74, 6) is -0.580. The van der Waals surface area contributed by atoms with Gasteiger partial charge in [-0.3, -0.25) is 19.6 Å². The number of Topliss-reactive ketones (excluding diaryl/α,β-unsaturated/α-hetero) is 1. The van der Waals surface area contributed by atoms with E-state index < -0.39 is 11.8 Å². The number of carbonyl (C=O) groups excluding carboxylic acids is 2. The molecule has 6 nitrogen and oxygen atoms in total. The van der Waals surface area contributed by atoms with Gasteiger partial charge in [-0.1, -0.05) is 40.5 Å². The number of aliphatic hydroxyl groups is 1. The van der Waals surface area contributed by atoms with Gasteiger partial charge in [0.25, 0.3) is 0 Å². The van der Waals surface area contributed by atoms with Crippen LogP contribution in [0.4, 0.5) is 0 Å². The first-order valence-electron chi connectivity index (χ1n) is 9.56. The van der Waals surface area contributed by atoms with Crippen LogP contribution in [0, 0.1) is 5.41 Å². The van der Waals surface area contributed by atoms with Gasteiger partial charge in [-0.15, -0.1) is 0 Å². The lowest BCUT2D eigenvalue weighted by atomic mass is 9.89. The van der Waals surface area contributed by atoms with Crippen LogP contribution in [-0.4, -0.2) is 47.2 Å². The zero-order chi connectivity index (χ0) is 19.8. The quantitative estimate of drug-likeness (QED) is 0.448. The number of aliphatic imine (C=N–C) groups is 2. The topological polar surface area (TPSA) is 88.3 Å². The molecule has 1 rings (SSSR count). The molecule has 1 aliphatic rings. The van der Waals surface area contributed by atoms with Crippen molar-refractivity contribution in [2.45, 2.75) is 91.3 Å². The van der Waals surface area contributed by atoms with Crippen LogP contribution in [0.2, 0.25) is 0 Å². The van der Waals surface area contributed by atoms with Crippen molar-refractivity contribution < 1.29 is 19.4 Å². The van der Waals surface area contributed by atoms with Crippen molar-refractivity contribution in [3.63, 3.8) is 0 Å². The smallest absolute Gasteiger partial charge is 0.305 e. The van der Waals surface area contributed by atoms with Gasteiger partial charge in [-0.2, -0.15) is 0 Å². The molecule has 148 valence electrons. The minimum absolute atomic E-state index is 0.124. The van der Waals surface area contributed by atoms with Crippen LogP contribution in [0.15, 0.2) is 9.98 Å². The fraction of sp³-hybridized carbons (Fsp3) is 0.800. The maximum atomic E-state index is 12.4. The maximum absolute atomic E-state index is 12.4. The van der Waals surface area contributed by atoms with E-state index in [4.69, 9.17) is 4.74 Å². The van der Waals surface area contributed by atoms with E-state index in [0.29, 0.717) is 24.0 Å². The van der Waals surface area contributed by atoms with Crippen LogP contribution in [0.3, 0.4) is 0 Å². The van der Waals surface area contributed by atoms with E-state index in [2.05, 4.69) is 30.8 Å². The van der Waals surface area contributed by atoms with E-state index in [0.717, 1.165) is 25.7 Å². The summed E-state index contributed by atoms with van der Waals surface area (Å²) in [6.07, 6.45) is 5.21. The van der Waals surface area contributed by atoms with Gasteiger partial charge in [-0.25, -0.2) is 0 Å². The first kappa shape index (κ1) is 22.5. The van der Waals surface area contributed by atoms with E-state index in [1.165, 1.54) is 0 Å². The monoisotopic (exact) mass is 366 g/mol. The molecule has 0 aromatic rings. The third-order valence-corrected chi connectivity index (χ3v) is 4.43. The normalized spacial score (nSPS) is 20.8. The number of ether oxygens (including phenoxy) is 1. The molecule has 0 aromatic carbocycles. The highest BCUT2D eigenvalue weighted by Crippen LogP contribution is 2.25. The summed E-state index contributed by atoms with van der Waals surface area (Å²) in [6.45, 7) is 10.1. The Labute approximate surface area is 157 Å². The lowest BCUT2D eigenvalue weighted by Crippen LogP contribution is -2.36. The van der Waals surface area contributed by atoms with E-state index in [-0.39, 0.29) is 24.8 Å². The minimum Gasteiger partial charge on any atom is -0.463 e. The summed E-state index contributed by atoms with van der Waals surface area (Å²) in [5.41, 5.74) is -0.0891. The molecule has 1 heterocycles. The molecule has 0 saturated heterocycles. The van der Waals surface area contributed by atoms with E-state index in [1.54, 1.807) is 13.1 Å². The molecule has 1 N–H and O–H groups in total. The standard InChI is InChI=1S/C20H34N2O4/c1-6-20(21-13-15(2)22-20)17(24)12-16(23)14-26-18(25)10-8-7-9-11-19(3,4)5/h13,16,23H,6-12,14H2,1-5H3. The zero-order valence-corrected chi connectivity index (χ0v) is 16.9. The van der Waals surface area contributed by atoms with E-state index in [9.17, 15) is 14.7 Å². The molecule has 2 unspecified atom stereocenters. The molecule has 26 heavy (non-hydrogen) atoms. The average Bonchev–Trinajstić information content (AvgIpc) is 2.94. The Morgan fingerprint density at radius 2 is 1.96 bits per heavy atom. The van der Waals surface area contributed by atoms with Crippen LogP contribution in [0.5, 0.6) is 0 Å². The van der Waals surface area contributed by atoms with Crippen molar-refractivity contribution in [2.24, 2.45) is 15.4 Å². The average molecular weight is 367 g/mol. The molecule has 0 spiro atoms. The number of rotatable bonds is 11. The van der Waals surface area contributed by atoms with Crippen molar-refractivity contribution in [1.29, 1.82) is 0 Å². The highest BCUT2D eigenvalue weighted by atomic mass is 16.5. The Balaban J connectivity index is 2.25. The fourth-order valence-corrected chi connectivity index (χ4v) is 2.85. The molecule has 0 radical (unpaired) electrons. The third-order valence-electron chi connectivity index (χ3n) is 4.43. The summed E-state index contributed by atoms with van der Waals surface area (Å²) in [6, 6.07) is 0. The summed E-state index contributed by atoms with van der Waals surface area (Å²) in [7, 11) is 0. The minimum atomic E-state index is -1.11. The predicted molar refractivity (Wildman–Crippen MR) is 104 cm³/mol. The van der Waals surface area contributed by atoms with Gasteiger partial charge in [0.15, 0.2) is 5.78 Å². The molecule has 0 aromatic heterocycles. The summed E-state index contributed by atoms with van der Waals surface area (Å²) >= 11 is 0. The molecule has 0 aliphatic carbocycles. The van der Waals surface area contributed by atoms with Crippen LogP contribution < -0.4 is 0 Å². The summed E-state index contributed by atoms with van der Waals surface area (Å²) in [5, 5.41) is 10.0. The SMILES string of the molecule is CCC1(C(=O)CC(O)COC(=O)CCCCCC(C)(C)C)N=CC(C)=N1. The summed E-state index contributed by atoms with van der Waals surface area (Å²) in [4.78, 5) is 32.6. The Morgan fingerprint density at radius 1 is 1.27 bits per heavy atom. The van der Waals surface area contributed by atoms with Crippen LogP contribution in [-0.2, 0) is 14.3 Å². The second kappa shape index (κ2) is 9.95. The number of unbranched alkanes of at least 4 members (excludes halogenated alkanes) is 2. The molecular formula is C20H34N2O4. The second-order valence-electron chi connectivity index (χ2n) is 8.27. The lowest BCUT2D eigenvalue weighted by molar-refractivity contribution is -0.148. The number of nitrogens with zero attached hydrogens (tertiary/aromatic N) is 2. The van der Waals surface area contributed by atoms with Gasteiger partial charge < -0.3 is 9.84 Å². The molecule has 0 saturated carbocycles. The Bertz CT molecular complexity index is 549. The number of esters is 1. The number of hydrogen-bond acceptors (Lipinski definition) is 6. The predicted octanol–water partition coefficient (Wildman–Crippen LogP) is 3.50. The molecular weight excluding hydrogens is 332 g/mol. The van der Waals surface area contributed by atoms with Gasteiger partial charge in [-0.05, 0) is 31.6 Å². The highest BCUT2D eigenvalue weighted by molar-refractivity contribution is 6.32. The first-order chi connectivity index (χ1) is 12.1. The van der Waals surface area contributed by atoms with Crippen molar-refractivity contribution in [3.05, 3.63) is 0 Å². The molecule has 6 heteroatoms. The van der Waals surface area contributed by atoms with Crippen molar-refractivity contribution >= 4 is 23.7 Å². The first-order valence-corrected chi connectivity index (χ1v) is 9.56. The van der Waals surface area contributed by atoms with E-state index >= 15 is 0 Å². The number of ketones is 1. The van der Waals surface area contributed by atoms with Crippen LogP contribution in [0.25, 0.3) is 0 Å². The molecule has 0 fully saturated rings. The fourth-order valence-electron chi connectivity index (χ4n) is 2.85. The number of hydrogen-bond donors (Lipinski definition) is 1. The Kier molecular flexibility index (Phi) is 8.60. The molecule has 0 bridgehead atoms. The third kappa shape index (κ3) is 7.77. The van der Waals surface area contributed by atoms with E-state index in [1.807, 2.05) is 6.92 Å². The molecule has 1 aliphatic heterocycles. The number of aliphatic hydroxyl groups excluding tert-OH is 1. The van der Waals surface area contributed by atoms with Gasteiger partial charge in [0, 0.05) is 19.1 Å². The van der Waals surface area contributed by atoms with Gasteiger partial charge in [0.1, 0.15) is 6.61 Å². The largest absolute Gasteiger partial charge is 0.463 e. The van der Waals surface area contributed by atoms with Crippen LogP contribution >= 0.6 is 0 Å². The van der Waals surface area contributed by atoms with Gasteiger partial charge >= 0.3 is 5.97 Å². The highest BCUT2D eigenvalue weighted by Gasteiger charge is 2.38. The molecule has 0 amide bonds.